The largest absolute Gasteiger partial charge is 0.443 e. The van der Waals surface area contributed by atoms with Crippen LogP contribution in [0.1, 0.15) is 156 Å². The molecule has 366 valence electrons. The monoisotopic (exact) mass is 914 g/mol. The SMILES string of the molecule is CCCCCCCCCCCCCC/C=C\[C@H](CO[C@H]1OC(COCc2ccccc2)[C@@H](OCc2ccccc2)C(OCc2ccccc2)[C@H]1C)N(C(=O)OC(C)(C)C)C(=O)OC(C)(C)C. The molecular weight excluding hydrogens is 831 g/mol. The van der Waals surface area contributed by atoms with Crippen molar-refractivity contribution >= 4 is 12.2 Å². The van der Waals surface area contributed by atoms with E-state index in [1.54, 1.807) is 41.5 Å². The first-order valence-electron chi connectivity index (χ1n) is 24.9. The van der Waals surface area contributed by atoms with E-state index in [-0.39, 0.29) is 19.1 Å². The second-order valence-electron chi connectivity index (χ2n) is 19.8. The summed E-state index contributed by atoms with van der Waals surface area (Å²) < 4.78 is 45.1. The van der Waals surface area contributed by atoms with Crippen LogP contribution in [0.5, 0.6) is 0 Å². The summed E-state index contributed by atoms with van der Waals surface area (Å²) in [5.41, 5.74) is 1.35. The molecule has 2 unspecified atom stereocenters. The number of benzene rings is 3. The van der Waals surface area contributed by atoms with Gasteiger partial charge in [-0.15, -0.1) is 0 Å². The van der Waals surface area contributed by atoms with Gasteiger partial charge in [0, 0.05) is 5.92 Å². The lowest BCUT2D eigenvalue weighted by Gasteiger charge is -2.45. The van der Waals surface area contributed by atoms with Crippen molar-refractivity contribution in [2.45, 2.75) is 201 Å². The van der Waals surface area contributed by atoms with Crippen molar-refractivity contribution in [1.29, 1.82) is 0 Å². The first kappa shape index (κ1) is 54.5. The maximum absolute atomic E-state index is 14.0. The lowest BCUT2D eigenvalue weighted by molar-refractivity contribution is -0.303. The average molecular weight is 914 g/mol. The minimum Gasteiger partial charge on any atom is -0.443 e. The van der Waals surface area contributed by atoms with E-state index in [1.807, 2.05) is 110 Å². The van der Waals surface area contributed by atoms with Crippen LogP contribution in [0.3, 0.4) is 0 Å². The first-order chi connectivity index (χ1) is 31.7. The molecule has 0 bridgehead atoms. The van der Waals surface area contributed by atoms with E-state index in [2.05, 4.69) is 6.92 Å². The topological polar surface area (TPSA) is 102 Å². The molecule has 6 atom stereocenters. The maximum atomic E-state index is 14.0. The van der Waals surface area contributed by atoms with Crippen LogP contribution in [0.25, 0.3) is 0 Å². The van der Waals surface area contributed by atoms with Crippen molar-refractivity contribution in [2.24, 2.45) is 5.92 Å². The van der Waals surface area contributed by atoms with E-state index in [4.69, 9.17) is 33.2 Å². The highest BCUT2D eigenvalue weighted by atomic mass is 16.7. The van der Waals surface area contributed by atoms with Crippen LogP contribution in [0.2, 0.25) is 0 Å². The van der Waals surface area contributed by atoms with Gasteiger partial charge in [0.1, 0.15) is 23.4 Å². The summed E-state index contributed by atoms with van der Waals surface area (Å²) in [4.78, 5) is 29.1. The Hall–Kier alpha value is -4.06. The van der Waals surface area contributed by atoms with E-state index in [9.17, 15) is 9.59 Å². The lowest BCUT2D eigenvalue weighted by Crippen LogP contribution is -2.58. The molecule has 3 aromatic carbocycles. The average Bonchev–Trinajstić information content (AvgIpc) is 3.27. The number of allylic oxidation sites excluding steroid dienone is 1. The van der Waals surface area contributed by atoms with Gasteiger partial charge in [-0.2, -0.15) is 0 Å². The van der Waals surface area contributed by atoms with Crippen molar-refractivity contribution in [3.63, 3.8) is 0 Å². The molecule has 1 fully saturated rings. The fourth-order valence-electron chi connectivity index (χ4n) is 7.95. The highest BCUT2D eigenvalue weighted by Crippen LogP contribution is 2.33. The number of amides is 2. The quantitative estimate of drug-likeness (QED) is 0.0520. The van der Waals surface area contributed by atoms with Gasteiger partial charge in [-0.3, -0.25) is 0 Å². The Morgan fingerprint density at radius 1 is 0.606 bits per heavy atom. The van der Waals surface area contributed by atoms with Gasteiger partial charge in [0.05, 0.1) is 45.2 Å². The summed E-state index contributed by atoms with van der Waals surface area (Å²) >= 11 is 0. The van der Waals surface area contributed by atoms with Gasteiger partial charge in [-0.1, -0.05) is 188 Å². The molecule has 0 saturated carbocycles. The molecule has 0 spiro atoms. The Balaban J connectivity index is 1.55. The number of carbonyl (C=O) groups excluding carboxylic acids is 2. The van der Waals surface area contributed by atoms with Crippen LogP contribution in [0.15, 0.2) is 103 Å². The number of carbonyl (C=O) groups is 2. The molecule has 1 aliphatic rings. The third-order valence-electron chi connectivity index (χ3n) is 11.4. The summed E-state index contributed by atoms with van der Waals surface area (Å²) in [6, 6.07) is 29.2. The summed E-state index contributed by atoms with van der Waals surface area (Å²) in [5, 5.41) is 0. The van der Waals surface area contributed by atoms with Crippen LogP contribution in [0, 0.1) is 5.92 Å². The van der Waals surface area contributed by atoms with Crippen molar-refractivity contribution < 1.29 is 42.7 Å². The molecule has 66 heavy (non-hydrogen) atoms. The fourth-order valence-corrected chi connectivity index (χ4v) is 7.95. The molecule has 0 N–H and O–H groups in total. The first-order valence-corrected chi connectivity index (χ1v) is 24.9. The van der Waals surface area contributed by atoms with Crippen LogP contribution < -0.4 is 0 Å². The Bertz CT molecular complexity index is 1750. The molecule has 2 amide bonds. The molecule has 0 aliphatic carbocycles. The van der Waals surface area contributed by atoms with Gasteiger partial charge in [-0.05, 0) is 71.1 Å². The van der Waals surface area contributed by atoms with E-state index in [1.165, 1.54) is 64.2 Å². The number of rotatable bonds is 28. The molecule has 10 heteroatoms. The van der Waals surface area contributed by atoms with E-state index in [0.29, 0.717) is 19.8 Å². The molecule has 3 aromatic rings. The zero-order chi connectivity index (χ0) is 47.6. The fraction of sp³-hybridized carbons (Fsp3) is 0.607. The third kappa shape index (κ3) is 21.3. The van der Waals surface area contributed by atoms with E-state index < -0.39 is 54.0 Å². The Labute approximate surface area is 398 Å². The number of hydrogen-bond donors (Lipinski definition) is 0. The Morgan fingerprint density at radius 3 is 1.52 bits per heavy atom. The van der Waals surface area contributed by atoms with E-state index >= 15 is 0 Å². The normalized spacial score (nSPS) is 19.4. The Kier molecular flexibility index (Phi) is 24.5. The minimum atomic E-state index is -0.869. The standard InChI is InChI=1S/C56H83NO9/c1-9-10-11-12-13-14-15-16-17-18-19-20-21-31-38-48(57(53(58)65-55(3,4)5)54(59)66-56(6,7)8)42-63-52-44(2)50(61-40-46-34-27-23-28-35-46)51(62-41-47-36-29-24-30-37-47)49(64-52)43-60-39-45-32-25-22-26-33-45/h22-38,44,48-52H,9-21,39-43H2,1-8H3/b38-31-/t44-,48-,49?,50?,51-,52+/m1/s1. The van der Waals surface area contributed by atoms with Gasteiger partial charge < -0.3 is 33.2 Å². The Morgan fingerprint density at radius 2 is 1.05 bits per heavy atom. The molecule has 1 heterocycles. The molecule has 0 aromatic heterocycles. The second-order valence-corrected chi connectivity index (χ2v) is 19.8. The van der Waals surface area contributed by atoms with Gasteiger partial charge in [0.15, 0.2) is 6.29 Å². The van der Waals surface area contributed by atoms with Crippen LogP contribution in [-0.4, -0.2) is 72.1 Å². The molecule has 4 rings (SSSR count). The van der Waals surface area contributed by atoms with E-state index in [0.717, 1.165) is 40.9 Å². The molecule has 1 saturated heterocycles. The van der Waals surface area contributed by atoms with Crippen molar-refractivity contribution in [3.8, 4) is 0 Å². The predicted molar refractivity (Wildman–Crippen MR) is 263 cm³/mol. The number of hydrogen-bond acceptors (Lipinski definition) is 9. The van der Waals surface area contributed by atoms with Gasteiger partial charge >= 0.3 is 12.2 Å². The lowest BCUT2D eigenvalue weighted by atomic mass is 9.91. The number of imide groups is 1. The van der Waals surface area contributed by atoms with Crippen LogP contribution in [-0.2, 0) is 53.0 Å². The molecule has 1 aliphatic heterocycles. The molecule has 0 radical (unpaired) electrons. The van der Waals surface area contributed by atoms with Crippen molar-refractivity contribution in [1.82, 2.24) is 4.90 Å². The van der Waals surface area contributed by atoms with Crippen LogP contribution >= 0.6 is 0 Å². The number of unbranched alkanes of at least 4 members (excludes halogenated alkanes) is 12. The zero-order valence-electron chi connectivity index (χ0n) is 41.6. The summed E-state index contributed by atoms with van der Waals surface area (Å²) in [6.07, 6.45) is 15.8. The smallest absolute Gasteiger partial charge is 0.420 e. The molecular formula is C56H83NO9. The zero-order valence-corrected chi connectivity index (χ0v) is 41.6. The number of nitrogens with zero attached hydrogens (tertiary/aromatic N) is 1. The molecule has 10 nitrogen and oxygen atoms in total. The number of ether oxygens (including phenoxy) is 7. The summed E-state index contributed by atoms with van der Waals surface area (Å²) in [6.45, 7) is 16.1. The maximum Gasteiger partial charge on any atom is 0.420 e. The van der Waals surface area contributed by atoms with Gasteiger partial charge in [0.25, 0.3) is 0 Å². The van der Waals surface area contributed by atoms with Crippen LogP contribution in [0.4, 0.5) is 9.59 Å². The highest BCUT2D eigenvalue weighted by molar-refractivity contribution is 5.89. The summed E-state index contributed by atoms with van der Waals surface area (Å²) in [5.74, 6) is -0.345. The second kappa shape index (κ2) is 29.6. The van der Waals surface area contributed by atoms with Crippen molar-refractivity contribution in [2.75, 3.05) is 13.2 Å². The predicted octanol–water partition coefficient (Wildman–Crippen LogP) is 13.9. The van der Waals surface area contributed by atoms with Gasteiger partial charge in [0.2, 0.25) is 0 Å². The summed E-state index contributed by atoms with van der Waals surface area (Å²) in [7, 11) is 0. The third-order valence-corrected chi connectivity index (χ3v) is 11.4. The highest BCUT2D eigenvalue weighted by Gasteiger charge is 2.47. The minimum absolute atomic E-state index is 0.0824. The van der Waals surface area contributed by atoms with Crippen molar-refractivity contribution in [3.05, 3.63) is 120 Å². The van der Waals surface area contributed by atoms with Gasteiger partial charge in [-0.25, -0.2) is 14.5 Å².